The van der Waals surface area contributed by atoms with Gasteiger partial charge in [-0.1, -0.05) is 44.2 Å². The molecule has 0 saturated carbocycles. The zero-order valence-electron chi connectivity index (χ0n) is 16.2. The molecule has 27 heavy (non-hydrogen) atoms. The molecule has 0 N–H and O–H groups in total. The Kier molecular flexibility index (Phi) is 7.05. The zero-order valence-corrected chi connectivity index (χ0v) is 16.2. The fourth-order valence-corrected chi connectivity index (χ4v) is 3.03. The van der Waals surface area contributed by atoms with Crippen molar-refractivity contribution in [3.63, 3.8) is 0 Å². The third-order valence-corrected chi connectivity index (χ3v) is 4.66. The van der Waals surface area contributed by atoms with Gasteiger partial charge in [-0.2, -0.15) is 0 Å². The fraction of sp³-hybridized carbons (Fsp3) is 0.348. The first-order chi connectivity index (χ1) is 13.3. The van der Waals surface area contributed by atoms with Crippen molar-refractivity contribution >= 4 is 23.3 Å². The molecule has 0 spiro atoms. The highest BCUT2D eigenvalue weighted by atomic mass is 16.5. The Labute approximate surface area is 161 Å². The summed E-state index contributed by atoms with van der Waals surface area (Å²) in [6, 6.07) is 15.9. The number of fused-ring (bicyclic) bond motifs is 1. The van der Waals surface area contributed by atoms with Crippen LogP contribution in [0.2, 0.25) is 0 Å². The first kappa shape index (κ1) is 19.2. The van der Waals surface area contributed by atoms with Gasteiger partial charge in [0.2, 0.25) is 5.89 Å². The van der Waals surface area contributed by atoms with Crippen LogP contribution in [0, 0.1) is 0 Å². The van der Waals surface area contributed by atoms with Crippen molar-refractivity contribution in [1.29, 1.82) is 0 Å². The maximum absolute atomic E-state index is 6.01. The predicted molar refractivity (Wildman–Crippen MR) is 112 cm³/mol. The number of para-hydroxylation sites is 3. The minimum absolute atomic E-state index is 0.602. The summed E-state index contributed by atoms with van der Waals surface area (Å²) in [7, 11) is 0. The molecule has 0 atom stereocenters. The fourth-order valence-electron chi connectivity index (χ4n) is 3.03. The summed E-state index contributed by atoms with van der Waals surface area (Å²) >= 11 is 0. The molecule has 0 aliphatic carbocycles. The van der Waals surface area contributed by atoms with E-state index in [9.17, 15) is 0 Å². The van der Waals surface area contributed by atoms with E-state index in [1.165, 1.54) is 0 Å². The van der Waals surface area contributed by atoms with Crippen LogP contribution in [0.1, 0.15) is 38.1 Å². The van der Waals surface area contributed by atoms with Crippen LogP contribution in [-0.2, 0) is 0 Å². The number of nitrogens with zero attached hydrogens (tertiary/aromatic N) is 2. The van der Waals surface area contributed by atoms with Crippen LogP contribution >= 0.6 is 0 Å². The Hall–Kier alpha value is -2.59. The first-order valence-electron chi connectivity index (χ1n) is 9.78. The number of ether oxygens (including phenoxy) is 1. The maximum Gasteiger partial charge on any atom is 0.220 e. The Balaban J connectivity index is 1.57. The summed E-state index contributed by atoms with van der Waals surface area (Å²) in [5.41, 5.74) is 2.70. The molecule has 142 valence electrons. The molecule has 3 aromatic rings. The average molecular weight is 364 g/mol. The number of unbranched alkanes of at least 4 members (excludes halogenated alkanes) is 1. The molecule has 0 saturated heterocycles. The summed E-state index contributed by atoms with van der Waals surface area (Å²) in [5, 5.41) is 0. The van der Waals surface area contributed by atoms with Gasteiger partial charge in [0.1, 0.15) is 11.3 Å². The molecule has 1 aromatic heterocycles. The molecular weight excluding hydrogens is 336 g/mol. The van der Waals surface area contributed by atoms with Gasteiger partial charge in [-0.15, -0.1) is 0 Å². The molecule has 0 fully saturated rings. The van der Waals surface area contributed by atoms with Gasteiger partial charge in [-0.3, -0.25) is 0 Å². The highest BCUT2D eigenvalue weighted by Crippen LogP contribution is 2.22. The minimum Gasteiger partial charge on any atom is -0.493 e. The van der Waals surface area contributed by atoms with Crippen LogP contribution in [0.5, 0.6) is 5.75 Å². The normalized spacial score (nSPS) is 11.7. The van der Waals surface area contributed by atoms with E-state index >= 15 is 0 Å². The van der Waals surface area contributed by atoms with E-state index in [-0.39, 0.29) is 0 Å². The molecule has 0 aliphatic rings. The predicted octanol–water partition coefficient (Wildman–Crippen LogP) is 5.50. The summed E-state index contributed by atoms with van der Waals surface area (Å²) in [6.07, 6.45) is 6.10. The second-order valence-electron chi connectivity index (χ2n) is 6.47. The third kappa shape index (κ3) is 5.44. The van der Waals surface area contributed by atoms with Crippen LogP contribution < -0.4 is 4.74 Å². The second-order valence-corrected chi connectivity index (χ2v) is 6.47. The van der Waals surface area contributed by atoms with Gasteiger partial charge < -0.3 is 14.1 Å². The number of benzene rings is 2. The van der Waals surface area contributed by atoms with E-state index in [0.717, 1.165) is 61.5 Å². The van der Waals surface area contributed by atoms with Gasteiger partial charge in [0, 0.05) is 11.6 Å². The van der Waals surface area contributed by atoms with Crippen molar-refractivity contribution in [1.82, 2.24) is 9.88 Å². The van der Waals surface area contributed by atoms with Gasteiger partial charge >= 0.3 is 0 Å². The molecule has 4 nitrogen and oxygen atoms in total. The van der Waals surface area contributed by atoms with Crippen LogP contribution in [-0.4, -0.2) is 36.1 Å². The monoisotopic (exact) mass is 364 g/mol. The van der Waals surface area contributed by atoms with E-state index in [1.807, 2.05) is 60.7 Å². The summed E-state index contributed by atoms with van der Waals surface area (Å²) in [5.74, 6) is 1.50. The van der Waals surface area contributed by atoms with E-state index in [4.69, 9.17) is 9.15 Å². The molecule has 0 radical (unpaired) electrons. The lowest BCUT2D eigenvalue weighted by Gasteiger charge is -2.17. The van der Waals surface area contributed by atoms with E-state index in [0.29, 0.717) is 5.89 Å². The van der Waals surface area contributed by atoms with Crippen molar-refractivity contribution < 1.29 is 9.15 Å². The van der Waals surface area contributed by atoms with Crippen LogP contribution in [0.3, 0.4) is 0 Å². The number of hydrogen-bond donors (Lipinski definition) is 0. The van der Waals surface area contributed by atoms with Gasteiger partial charge in [-0.25, -0.2) is 4.98 Å². The second kappa shape index (κ2) is 9.93. The lowest BCUT2D eigenvalue weighted by atomic mass is 10.2. The molecule has 3 rings (SSSR count). The van der Waals surface area contributed by atoms with Crippen molar-refractivity contribution in [2.24, 2.45) is 0 Å². The van der Waals surface area contributed by atoms with Gasteiger partial charge in [0.15, 0.2) is 5.58 Å². The smallest absolute Gasteiger partial charge is 0.220 e. The lowest BCUT2D eigenvalue weighted by molar-refractivity contribution is 0.266. The maximum atomic E-state index is 6.01. The largest absolute Gasteiger partial charge is 0.493 e. The molecule has 0 unspecified atom stereocenters. The number of hydrogen-bond acceptors (Lipinski definition) is 4. The standard InChI is InChI=1S/C23H28N2O2/c1-3-25(4-2)17-9-10-18-26-21-13-7-5-11-19(21)15-16-23-24-20-12-6-8-14-22(20)27-23/h5-8,11-16H,3-4,9-10,17-18H2,1-2H3. The molecule has 4 heteroatoms. The number of aromatic nitrogens is 1. The summed E-state index contributed by atoms with van der Waals surface area (Å²) < 4.78 is 11.8. The van der Waals surface area contributed by atoms with Crippen molar-refractivity contribution in [2.75, 3.05) is 26.2 Å². The summed E-state index contributed by atoms with van der Waals surface area (Å²) in [6.45, 7) is 8.51. The average Bonchev–Trinajstić information content (AvgIpc) is 3.13. The quantitative estimate of drug-likeness (QED) is 0.445. The minimum atomic E-state index is 0.602. The van der Waals surface area contributed by atoms with Gasteiger partial charge in [0.25, 0.3) is 0 Å². The van der Waals surface area contributed by atoms with E-state index < -0.39 is 0 Å². The Bertz CT molecular complexity index is 832. The Morgan fingerprint density at radius 1 is 0.963 bits per heavy atom. The highest BCUT2D eigenvalue weighted by molar-refractivity contribution is 5.76. The van der Waals surface area contributed by atoms with Crippen LogP contribution in [0.15, 0.2) is 52.9 Å². The molecule has 0 amide bonds. The van der Waals surface area contributed by atoms with E-state index in [1.54, 1.807) is 0 Å². The van der Waals surface area contributed by atoms with Crippen LogP contribution in [0.4, 0.5) is 0 Å². The van der Waals surface area contributed by atoms with E-state index in [2.05, 4.69) is 23.7 Å². The first-order valence-corrected chi connectivity index (χ1v) is 9.78. The van der Waals surface area contributed by atoms with Crippen molar-refractivity contribution in [3.8, 4) is 5.75 Å². The highest BCUT2D eigenvalue weighted by Gasteiger charge is 2.04. The third-order valence-electron chi connectivity index (χ3n) is 4.66. The molecule has 2 aromatic carbocycles. The number of oxazole rings is 1. The SMILES string of the molecule is CCN(CC)CCCCOc1ccccc1C=Cc1nc2ccccc2o1. The summed E-state index contributed by atoms with van der Waals surface area (Å²) in [4.78, 5) is 6.92. The van der Waals surface area contributed by atoms with Crippen molar-refractivity contribution in [3.05, 3.63) is 60.0 Å². The Morgan fingerprint density at radius 3 is 2.56 bits per heavy atom. The lowest BCUT2D eigenvalue weighted by Crippen LogP contribution is -2.24. The zero-order chi connectivity index (χ0) is 18.9. The Morgan fingerprint density at radius 2 is 1.74 bits per heavy atom. The number of rotatable bonds is 10. The van der Waals surface area contributed by atoms with Gasteiger partial charge in [-0.05, 0) is 56.8 Å². The van der Waals surface area contributed by atoms with Gasteiger partial charge in [0.05, 0.1) is 6.61 Å². The molecule has 0 bridgehead atoms. The molecule has 1 heterocycles. The van der Waals surface area contributed by atoms with Crippen molar-refractivity contribution in [2.45, 2.75) is 26.7 Å². The van der Waals surface area contributed by atoms with Crippen LogP contribution in [0.25, 0.3) is 23.3 Å². The molecular formula is C23H28N2O2. The topological polar surface area (TPSA) is 38.5 Å². The molecule has 0 aliphatic heterocycles.